The first-order valence-corrected chi connectivity index (χ1v) is 13.2. The van der Waals surface area contributed by atoms with Crippen molar-refractivity contribution in [3.63, 3.8) is 0 Å². The highest BCUT2D eigenvalue weighted by molar-refractivity contribution is 6.04. The summed E-state index contributed by atoms with van der Waals surface area (Å²) < 4.78 is 7.75. The molecular weight excluding hydrogens is 494 g/mol. The highest BCUT2D eigenvalue weighted by Crippen LogP contribution is 2.51. The lowest BCUT2D eigenvalue weighted by Gasteiger charge is -2.35. The van der Waals surface area contributed by atoms with Crippen LogP contribution in [-0.4, -0.2) is 47.9 Å². The highest BCUT2D eigenvalue weighted by atomic mass is 16.6. The van der Waals surface area contributed by atoms with Crippen molar-refractivity contribution in [2.45, 2.75) is 57.7 Å². The number of nitrogens with two attached hydrogens (primary N) is 1. The first kappa shape index (κ1) is 24.8. The second-order valence-corrected chi connectivity index (χ2v) is 11.2. The fraction of sp³-hybridized carbons (Fsp3) is 0.345. The number of pyridine rings is 1. The minimum Gasteiger partial charge on any atom is -0.444 e. The number of nitrogens with zero attached hydrogens (tertiary/aromatic N) is 5. The summed E-state index contributed by atoms with van der Waals surface area (Å²) >= 11 is 0. The van der Waals surface area contributed by atoms with Crippen LogP contribution in [0.15, 0.2) is 61.1 Å². The van der Waals surface area contributed by atoms with Gasteiger partial charge in [0.05, 0.1) is 6.04 Å². The Bertz CT molecular complexity index is 1540. The molecule has 200 valence electrons. The molecular formula is C29H31N7O3. The number of fused-ring (bicyclic) bond motifs is 3. The zero-order chi connectivity index (χ0) is 27.3. The average Bonchev–Trinajstić information content (AvgIpc) is 3.62. The minimum absolute atomic E-state index is 0.127. The van der Waals surface area contributed by atoms with Crippen LogP contribution in [0.1, 0.15) is 62.3 Å². The monoisotopic (exact) mass is 525 g/mol. The van der Waals surface area contributed by atoms with Gasteiger partial charge in [-0.1, -0.05) is 18.2 Å². The molecule has 2 amide bonds. The van der Waals surface area contributed by atoms with Crippen molar-refractivity contribution in [3.05, 3.63) is 72.4 Å². The Morgan fingerprint density at radius 1 is 1.05 bits per heavy atom. The number of likely N-dealkylation sites (tertiary alicyclic amines) is 1. The molecule has 3 atom stereocenters. The quantitative estimate of drug-likeness (QED) is 0.380. The van der Waals surface area contributed by atoms with Crippen LogP contribution >= 0.6 is 0 Å². The van der Waals surface area contributed by atoms with Crippen molar-refractivity contribution in [1.29, 1.82) is 0 Å². The molecule has 2 aliphatic rings. The van der Waals surface area contributed by atoms with Crippen molar-refractivity contribution in [2.24, 2.45) is 5.92 Å². The number of hydrogen-bond acceptors (Lipinski definition) is 7. The molecule has 1 aliphatic carbocycles. The van der Waals surface area contributed by atoms with Crippen LogP contribution in [-0.2, 0) is 4.74 Å². The lowest BCUT2D eigenvalue weighted by Crippen LogP contribution is -2.43. The van der Waals surface area contributed by atoms with Gasteiger partial charge in [0.25, 0.3) is 5.91 Å². The highest BCUT2D eigenvalue weighted by Gasteiger charge is 2.51. The van der Waals surface area contributed by atoms with Crippen LogP contribution in [0.5, 0.6) is 0 Å². The van der Waals surface area contributed by atoms with E-state index in [1.807, 2.05) is 54.5 Å². The summed E-state index contributed by atoms with van der Waals surface area (Å²) in [4.78, 5) is 41.5. The zero-order valence-corrected chi connectivity index (χ0v) is 22.2. The van der Waals surface area contributed by atoms with Gasteiger partial charge in [-0.05, 0) is 70.2 Å². The number of amides is 2. The fourth-order valence-electron chi connectivity index (χ4n) is 5.80. The van der Waals surface area contributed by atoms with Crippen molar-refractivity contribution in [1.82, 2.24) is 24.3 Å². The van der Waals surface area contributed by atoms with Gasteiger partial charge in [-0.25, -0.2) is 19.7 Å². The van der Waals surface area contributed by atoms with Crippen LogP contribution in [0.25, 0.3) is 16.8 Å². The topological polar surface area (TPSA) is 128 Å². The van der Waals surface area contributed by atoms with E-state index < -0.39 is 5.60 Å². The summed E-state index contributed by atoms with van der Waals surface area (Å²) in [5, 5.41) is 2.80. The normalized spacial score (nSPS) is 20.4. The Morgan fingerprint density at radius 2 is 1.85 bits per heavy atom. The summed E-state index contributed by atoms with van der Waals surface area (Å²) in [6.07, 6.45) is 7.71. The molecule has 4 heterocycles. The van der Waals surface area contributed by atoms with E-state index in [0.29, 0.717) is 28.4 Å². The van der Waals surface area contributed by atoms with E-state index in [2.05, 4.69) is 15.3 Å². The molecule has 2 fully saturated rings. The molecule has 6 rings (SSSR count). The molecule has 0 unspecified atom stereocenters. The Kier molecular flexibility index (Phi) is 5.97. The van der Waals surface area contributed by atoms with Gasteiger partial charge in [0.1, 0.15) is 34.3 Å². The molecule has 1 aliphatic heterocycles. The summed E-state index contributed by atoms with van der Waals surface area (Å²) in [5.74, 6) is 1.59. The molecule has 10 heteroatoms. The number of carbonyl (C=O) groups excluding carboxylic acids is 2. The summed E-state index contributed by atoms with van der Waals surface area (Å²) in [7, 11) is 0. The van der Waals surface area contributed by atoms with Crippen LogP contribution in [0.3, 0.4) is 0 Å². The van der Waals surface area contributed by atoms with Gasteiger partial charge in [0, 0.05) is 35.8 Å². The third-order valence-corrected chi connectivity index (χ3v) is 7.39. The van der Waals surface area contributed by atoms with Crippen molar-refractivity contribution in [2.75, 3.05) is 11.1 Å². The van der Waals surface area contributed by atoms with E-state index in [4.69, 9.17) is 15.5 Å². The van der Waals surface area contributed by atoms with Crippen LogP contribution in [0.4, 0.5) is 16.4 Å². The van der Waals surface area contributed by atoms with Gasteiger partial charge in [-0.2, -0.15) is 0 Å². The summed E-state index contributed by atoms with van der Waals surface area (Å²) in [5.41, 5.74) is 8.39. The first-order chi connectivity index (χ1) is 18.7. The van der Waals surface area contributed by atoms with Gasteiger partial charge in [0.15, 0.2) is 0 Å². The second-order valence-electron chi connectivity index (χ2n) is 11.2. The molecule has 0 radical (unpaired) electrons. The van der Waals surface area contributed by atoms with E-state index in [1.54, 1.807) is 36.7 Å². The molecule has 10 nitrogen and oxygen atoms in total. The Labute approximate surface area is 226 Å². The van der Waals surface area contributed by atoms with Crippen molar-refractivity contribution < 1.29 is 14.3 Å². The fourth-order valence-corrected chi connectivity index (χ4v) is 5.80. The number of carbonyl (C=O) groups is 2. The van der Waals surface area contributed by atoms with Crippen LogP contribution in [0.2, 0.25) is 0 Å². The molecule has 1 saturated carbocycles. The number of rotatable bonds is 4. The van der Waals surface area contributed by atoms with Crippen LogP contribution < -0.4 is 11.1 Å². The molecule has 1 aromatic carbocycles. The maximum atomic E-state index is 13.3. The van der Waals surface area contributed by atoms with Gasteiger partial charge >= 0.3 is 6.09 Å². The lowest BCUT2D eigenvalue weighted by molar-refractivity contribution is 0.00604. The van der Waals surface area contributed by atoms with Crippen LogP contribution in [0, 0.1) is 5.92 Å². The smallest absolute Gasteiger partial charge is 0.411 e. The summed E-state index contributed by atoms with van der Waals surface area (Å²) in [6.45, 7) is 5.64. The minimum atomic E-state index is -0.595. The van der Waals surface area contributed by atoms with E-state index >= 15 is 0 Å². The molecule has 4 aromatic rings. The van der Waals surface area contributed by atoms with E-state index in [9.17, 15) is 9.59 Å². The number of nitrogens with one attached hydrogen (secondary N) is 1. The number of aromatic nitrogens is 4. The maximum Gasteiger partial charge on any atom is 0.411 e. The standard InChI is InChI=1S/C29H31N7O3/c1-29(2,3)39-28(38)36-20-12-11-19(16-20)23(36)26-34-22(24-25(30)32-14-15-35(24)26)17-7-9-18(10-8-17)27(37)33-21-6-4-5-13-31-21/h4-10,13-15,19-20,23H,11-12,16H2,1-3H3,(H2,30,32)(H,31,33,37)/t19-,20+,23-/m0/s1. The Hall–Kier alpha value is -4.47. The predicted octanol–water partition coefficient (Wildman–Crippen LogP) is 5.09. The van der Waals surface area contributed by atoms with Gasteiger partial charge in [-0.3, -0.25) is 14.1 Å². The van der Waals surface area contributed by atoms with Crippen molar-refractivity contribution in [3.8, 4) is 11.3 Å². The number of ether oxygens (including phenoxy) is 1. The van der Waals surface area contributed by atoms with Gasteiger partial charge < -0.3 is 15.8 Å². The third kappa shape index (κ3) is 4.56. The number of piperidine rings is 1. The molecule has 2 bridgehead atoms. The molecule has 3 N–H and O–H groups in total. The average molecular weight is 526 g/mol. The van der Waals surface area contributed by atoms with E-state index in [1.165, 1.54) is 0 Å². The Morgan fingerprint density at radius 3 is 2.56 bits per heavy atom. The number of imidazole rings is 1. The molecule has 1 saturated heterocycles. The number of benzene rings is 1. The Balaban J connectivity index is 1.37. The lowest BCUT2D eigenvalue weighted by atomic mass is 9.98. The van der Waals surface area contributed by atoms with Gasteiger partial charge in [0.2, 0.25) is 0 Å². The SMILES string of the molecule is CC(C)(C)OC(=O)N1[C@@H]2CC[C@@H](C2)[C@H]1c1nc(-c2ccc(C(=O)Nc3ccccn3)cc2)c2c(N)nccn12. The molecule has 3 aromatic heterocycles. The second kappa shape index (κ2) is 9.37. The maximum absolute atomic E-state index is 13.3. The largest absolute Gasteiger partial charge is 0.444 e. The zero-order valence-electron chi connectivity index (χ0n) is 22.2. The molecule has 0 spiro atoms. The first-order valence-electron chi connectivity index (χ1n) is 13.2. The molecule has 39 heavy (non-hydrogen) atoms. The summed E-state index contributed by atoms with van der Waals surface area (Å²) in [6, 6.07) is 12.4. The predicted molar refractivity (Wildman–Crippen MR) is 147 cm³/mol. The van der Waals surface area contributed by atoms with Gasteiger partial charge in [-0.15, -0.1) is 0 Å². The third-order valence-electron chi connectivity index (χ3n) is 7.39. The number of anilines is 2. The van der Waals surface area contributed by atoms with E-state index in [-0.39, 0.29) is 30.0 Å². The van der Waals surface area contributed by atoms with Crippen molar-refractivity contribution >= 4 is 29.2 Å². The number of nitrogen functional groups attached to an aromatic ring is 1. The van der Waals surface area contributed by atoms with E-state index in [0.717, 1.165) is 30.7 Å². The number of hydrogen-bond donors (Lipinski definition) is 2.